The highest BCUT2D eigenvalue weighted by Gasteiger charge is 2.51. The molecule has 12 unspecified atom stereocenters. The molecule has 0 radical (unpaired) electrons. The summed E-state index contributed by atoms with van der Waals surface area (Å²) in [7, 11) is 0. The molecule has 0 saturated carbocycles. The molecule has 568 valence electrons. The molecule has 0 aromatic heterocycles. The Morgan fingerprint density at radius 3 is 1.07 bits per heavy atom. The Hall–Kier alpha value is -3.87. The van der Waals surface area contributed by atoms with Gasteiger partial charge in [0.25, 0.3) is 0 Å². The Kier molecular flexibility index (Phi) is 62.0. The van der Waals surface area contributed by atoms with Gasteiger partial charge in [-0.25, -0.2) is 0 Å². The lowest BCUT2D eigenvalue weighted by Crippen LogP contribution is -2.65. The smallest absolute Gasteiger partial charge is 0.220 e. The van der Waals surface area contributed by atoms with E-state index >= 15 is 0 Å². The van der Waals surface area contributed by atoms with Crippen LogP contribution in [0.4, 0.5) is 0 Å². The average molecular weight is 1390 g/mol. The normalized spacial score (nSPS) is 22.7. The number of unbranched alkanes of at least 4 members (excludes halogenated alkanes) is 32. The topological polar surface area (TPSA) is 228 Å². The Labute approximate surface area is 602 Å². The van der Waals surface area contributed by atoms with Crippen molar-refractivity contribution in [1.29, 1.82) is 0 Å². The van der Waals surface area contributed by atoms with Crippen LogP contribution in [0.5, 0.6) is 0 Å². The first-order chi connectivity index (χ1) is 48.6. The minimum absolute atomic E-state index is 0.256. The summed E-state index contributed by atoms with van der Waals surface area (Å²) in [6.45, 7) is 2.70. The second-order valence-electron chi connectivity index (χ2n) is 27.5. The molecule has 14 nitrogen and oxygen atoms in total. The minimum Gasteiger partial charge on any atom is -0.394 e. The van der Waals surface area contributed by atoms with Gasteiger partial charge in [0, 0.05) is 6.42 Å². The number of nitrogens with one attached hydrogen (secondary N) is 1. The maximum atomic E-state index is 13.4. The van der Waals surface area contributed by atoms with E-state index in [0.29, 0.717) is 6.42 Å². The van der Waals surface area contributed by atoms with Crippen LogP contribution < -0.4 is 5.32 Å². The first-order valence-electron chi connectivity index (χ1n) is 39.9. The highest BCUT2D eigenvalue weighted by atomic mass is 16.7. The predicted molar refractivity (Wildman–Crippen MR) is 410 cm³/mol. The van der Waals surface area contributed by atoms with Crippen LogP contribution >= 0.6 is 0 Å². The lowest BCUT2D eigenvalue weighted by molar-refractivity contribution is -0.359. The summed E-state index contributed by atoms with van der Waals surface area (Å²) in [4.78, 5) is 13.4. The van der Waals surface area contributed by atoms with Gasteiger partial charge < -0.3 is 65.1 Å². The molecule has 2 heterocycles. The maximum absolute atomic E-state index is 13.4. The molecule has 12 atom stereocenters. The van der Waals surface area contributed by atoms with Gasteiger partial charge in [-0.05, 0) is 96.3 Å². The molecule has 0 spiro atoms. The molecular formula is C85H145NO13. The van der Waals surface area contributed by atoms with E-state index in [1.54, 1.807) is 6.08 Å². The number of allylic oxidation sites excluding steroid dienone is 21. The van der Waals surface area contributed by atoms with Gasteiger partial charge in [0.1, 0.15) is 48.8 Å². The number of rotatable bonds is 65. The molecule has 2 fully saturated rings. The number of carbonyl (C=O) groups excluding carboxylic acids is 1. The van der Waals surface area contributed by atoms with Crippen molar-refractivity contribution in [1.82, 2.24) is 5.32 Å². The van der Waals surface area contributed by atoms with E-state index in [-0.39, 0.29) is 18.9 Å². The van der Waals surface area contributed by atoms with Gasteiger partial charge in [-0.15, -0.1) is 0 Å². The third-order valence-electron chi connectivity index (χ3n) is 18.6. The molecule has 14 heteroatoms. The van der Waals surface area contributed by atoms with Crippen LogP contribution in [0.15, 0.2) is 134 Å². The molecule has 2 aliphatic heterocycles. The van der Waals surface area contributed by atoms with Gasteiger partial charge in [-0.3, -0.25) is 4.79 Å². The van der Waals surface area contributed by atoms with Crippen molar-refractivity contribution in [3.8, 4) is 0 Å². The number of aliphatic hydroxyl groups is 8. The van der Waals surface area contributed by atoms with Crippen LogP contribution in [0.25, 0.3) is 0 Å². The number of hydrogen-bond donors (Lipinski definition) is 9. The fraction of sp³-hybridized carbons (Fsp3) is 0.729. The van der Waals surface area contributed by atoms with E-state index in [0.717, 1.165) is 122 Å². The van der Waals surface area contributed by atoms with Crippen LogP contribution in [0.2, 0.25) is 0 Å². The quantitative estimate of drug-likeness (QED) is 0.0204. The Balaban J connectivity index is 1.65. The summed E-state index contributed by atoms with van der Waals surface area (Å²) in [6.07, 6.45) is 83.7. The number of ether oxygens (including phenoxy) is 4. The third-order valence-corrected chi connectivity index (χ3v) is 18.6. The highest BCUT2D eigenvalue weighted by molar-refractivity contribution is 5.76. The van der Waals surface area contributed by atoms with Crippen LogP contribution in [-0.2, 0) is 23.7 Å². The molecule has 0 aromatic rings. The van der Waals surface area contributed by atoms with Crippen molar-refractivity contribution >= 4 is 5.91 Å². The number of amides is 1. The largest absolute Gasteiger partial charge is 0.394 e. The minimum atomic E-state index is -1.80. The number of carbonyl (C=O) groups is 1. The van der Waals surface area contributed by atoms with Crippen molar-refractivity contribution in [3.05, 3.63) is 134 Å². The van der Waals surface area contributed by atoms with Crippen LogP contribution in [0, 0.1) is 0 Å². The van der Waals surface area contributed by atoms with Gasteiger partial charge in [0.15, 0.2) is 12.6 Å². The molecule has 0 aromatic carbocycles. The summed E-state index contributed by atoms with van der Waals surface area (Å²) in [6, 6.07) is -0.935. The van der Waals surface area contributed by atoms with Crippen LogP contribution in [0.3, 0.4) is 0 Å². The lowest BCUT2D eigenvalue weighted by atomic mass is 9.97. The summed E-state index contributed by atoms with van der Waals surface area (Å²) in [5, 5.41) is 87.7. The second-order valence-corrected chi connectivity index (χ2v) is 27.5. The molecule has 0 aliphatic carbocycles. The molecule has 2 saturated heterocycles. The van der Waals surface area contributed by atoms with Crippen molar-refractivity contribution in [2.75, 3.05) is 19.8 Å². The van der Waals surface area contributed by atoms with E-state index in [4.69, 9.17) is 18.9 Å². The first-order valence-corrected chi connectivity index (χ1v) is 39.9. The molecule has 1 amide bonds. The summed E-state index contributed by atoms with van der Waals surface area (Å²) >= 11 is 0. The average Bonchev–Trinajstić information content (AvgIpc) is 0.793. The van der Waals surface area contributed by atoms with E-state index in [9.17, 15) is 45.6 Å². The molecule has 2 rings (SSSR count). The lowest BCUT2D eigenvalue weighted by Gasteiger charge is -2.46. The Bertz CT molecular complexity index is 2180. The number of hydrogen-bond acceptors (Lipinski definition) is 13. The van der Waals surface area contributed by atoms with Gasteiger partial charge in [0.05, 0.1) is 32.0 Å². The van der Waals surface area contributed by atoms with E-state index in [1.807, 2.05) is 6.08 Å². The summed E-state index contributed by atoms with van der Waals surface area (Å²) in [5.41, 5.74) is 0. The first kappa shape index (κ1) is 91.2. The zero-order valence-corrected chi connectivity index (χ0v) is 62.2. The van der Waals surface area contributed by atoms with Gasteiger partial charge in [-0.2, -0.15) is 0 Å². The zero-order chi connectivity index (χ0) is 71.5. The van der Waals surface area contributed by atoms with Crippen molar-refractivity contribution < 1.29 is 64.6 Å². The van der Waals surface area contributed by atoms with Crippen molar-refractivity contribution in [3.63, 3.8) is 0 Å². The van der Waals surface area contributed by atoms with Gasteiger partial charge >= 0.3 is 0 Å². The molecule has 2 aliphatic rings. The van der Waals surface area contributed by atoms with E-state index in [1.165, 1.54) is 154 Å². The monoisotopic (exact) mass is 1390 g/mol. The summed E-state index contributed by atoms with van der Waals surface area (Å²) in [5.74, 6) is -0.256. The molecular weight excluding hydrogens is 1240 g/mol. The molecule has 9 N–H and O–H groups in total. The SMILES string of the molecule is CC/C=C\C/C=C\C/C=C\C/C=C\C/C=C\C/C=C\C/C=C\C/C=C\C/C=C\C/C=C\CCCCCCCCC(=O)NC(COC1OC(CO)C(OC2OC(CO)C(O)C(O)C2O)C(O)C1O)C(O)/C=C/CCCCCCCCCCCCCCCCCCCCCCCCCCCC. The highest BCUT2D eigenvalue weighted by Crippen LogP contribution is 2.30. The van der Waals surface area contributed by atoms with E-state index < -0.39 is 86.8 Å². The Morgan fingerprint density at radius 2 is 0.697 bits per heavy atom. The van der Waals surface area contributed by atoms with E-state index in [2.05, 4.69) is 141 Å². The van der Waals surface area contributed by atoms with Gasteiger partial charge in [-0.1, -0.05) is 334 Å². The van der Waals surface area contributed by atoms with Gasteiger partial charge in [0.2, 0.25) is 5.91 Å². The Morgan fingerprint density at radius 1 is 0.374 bits per heavy atom. The summed E-state index contributed by atoms with van der Waals surface area (Å²) < 4.78 is 22.9. The maximum Gasteiger partial charge on any atom is 0.220 e. The fourth-order valence-electron chi connectivity index (χ4n) is 12.3. The van der Waals surface area contributed by atoms with Crippen LogP contribution in [-0.4, -0.2) is 140 Å². The standard InChI is InChI=1S/C85H145NO13/c1-3-5-7-9-11-13-15-17-19-21-23-25-27-29-31-33-34-35-36-37-38-39-40-41-43-45-47-49-51-53-55-57-59-61-63-65-67-69-77(90)86-73(72-96-84-82(95)80(93)83(76(71-88)98-84)99-85-81(94)79(92)78(91)75(70-87)97-85)74(89)68-66-64-62-60-58-56-54-52-50-48-46-44-42-32-30-28-26-24-22-20-18-16-14-12-10-8-6-4-2/h5,7,11,13,17,19,23,25,29,31,34-35,37-38,40-41,45,47,51,53,66,68,73-76,78-85,87-89,91-95H,3-4,6,8-10,12,14-16,18,20-22,24,26-28,30,32-33,36,39,42-44,46,48-50,52,54-65,67,69-72H2,1-2H3,(H,86,90)/b7-5-,13-11-,19-17-,25-23-,31-29-,35-34-,38-37-,41-40-,47-45-,53-51-,68-66+. The van der Waals surface area contributed by atoms with Crippen LogP contribution in [0.1, 0.15) is 303 Å². The predicted octanol–water partition coefficient (Wildman–Crippen LogP) is 18.2. The van der Waals surface area contributed by atoms with Crippen molar-refractivity contribution in [2.24, 2.45) is 0 Å². The van der Waals surface area contributed by atoms with Crippen molar-refractivity contribution in [2.45, 2.75) is 376 Å². The molecule has 0 bridgehead atoms. The third kappa shape index (κ3) is 50.2. The number of aliphatic hydroxyl groups excluding tert-OH is 8. The second kappa shape index (κ2) is 67.3. The molecule has 99 heavy (non-hydrogen) atoms. The zero-order valence-electron chi connectivity index (χ0n) is 62.2. The fourth-order valence-corrected chi connectivity index (χ4v) is 12.3.